The van der Waals surface area contributed by atoms with Crippen molar-refractivity contribution in [1.82, 2.24) is 14.9 Å². The molecule has 158 valence electrons. The number of ether oxygens (including phenoxy) is 2. The minimum absolute atomic E-state index is 0.239. The third kappa shape index (κ3) is 7.40. The number of alkyl carbamates (subject to hydrolysis) is 1. The summed E-state index contributed by atoms with van der Waals surface area (Å²) in [6, 6.07) is 2.01. The van der Waals surface area contributed by atoms with Gasteiger partial charge in [0.2, 0.25) is 0 Å². The number of rotatable bonds is 6. The first-order valence-corrected chi connectivity index (χ1v) is 9.92. The Morgan fingerprint density at radius 1 is 1.11 bits per heavy atom. The third-order valence-electron chi connectivity index (χ3n) is 4.13. The van der Waals surface area contributed by atoms with E-state index in [2.05, 4.69) is 14.7 Å². The molecule has 1 saturated heterocycles. The van der Waals surface area contributed by atoms with Crippen LogP contribution in [0.25, 0.3) is 0 Å². The molecule has 0 unspecified atom stereocenters. The van der Waals surface area contributed by atoms with Crippen molar-refractivity contribution in [2.45, 2.75) is 72.3 Å². The number of hydrogen-bond donors (Lipinski definition) is 1. The van der Waals surface area contributed by atoms with Crippen molar-refractivity contribution in [1.29, 1.82) is 0 Å². The van der Waals surface area contributed by atoms with E-state index in [9.17, 15) is 9.59 Å². The summed E-state index contributed by atoms with van der Waals surface area (Å²) >= 11 is 0. The molecular weight excluding hydrogens is 360 g/mol. The molecule has 0 saturated carbocycles. The lowest BCUT2D eigenvalue weighted by atomic mass is 10.0. The highest BCUT2D eigenvalue weighted by atomic mass is 16.6. The first-order valence-electron chi connectivity index (χ1n) is 9.92. The zero-order valence-electron chi connectivity index (χ0n) is 18.0. The highest BCUT2D eigenvalue weighted by molar-refractivity contribution is 5.69. The van der Waals surface area contributed by atoms with E-state index in [1.54, 1.807) is 4.90 Å². The maximum absolute atomic E-state index is 12.0. The van der Waals surface area contributed by atoms with Crippen molar-refractivity contribution in [3.05, 3.63) is 18.5 Å². The monoisotopic (exact) mass is 395 g/mol. The van der Waals surface area contributed by atoms with Crippen LogP contribution in [-0.4, -0.2) is 52.6 Å². The Morgan fingerprint density at radius 3 is 2.36 bits per heavy atom. The molecule has 1 aliphatic rings. The maximum Gasteiger partial charge on any atom is 0.410 e. The van der Waals surface area contributed by atoms with Crippen LogP contribution in [0.5, 0.6) is 0 Å². The fourth-order valence-corrected chi connectivity index (χ4v) is 2.95. The van der Waals surface area contributed by atoms with Crippen LogP contribution in [0, 0.1) is 5.92 Å². The molecule has 2 amide bonds. The average molecular weight is 396 g/mol. The Balaban J connectivity index is 1.69. The lowest BCUT2D eigenvalue weighted by Crippen LogP contribution is -2.58. The van der Waals surface area contributed by atoms with E-state index in [1.807, 2.05) is 60.0 Å². The van der Waals surface area contributed by atoms with Crippen molar-refractivity contribution in [3.63, 3.8) is 0 Å². The van der Waals surface area contributed by atoms with E-state index in [0.717, 1.165) is 19.5 Å². The van der Waals surface area contributed by atoms with E-state index >= 15 is 0 Å². The van der Waals surface area contributed by atoms with Gasteiger partial charge < -0.3 is 19.7 Å². The van der Waals surface area contributed by atoms with Crippen molar-refractivity contribution in [2.24, 2.45) is 5.92 Å². The summed E-state index contributed by atoms with van der Waals surface area (Å²) in [6.07, 6.45) is 4.25. The van der Waals surface area contributed by atoms with Gasteiger partial charge in [-0.1, -0.05) is 0 Å². The summed E-state index contributed by atoms with van der Waals surface area (Å²) in [4.78, 5) is 25.4. The Morgan fingerprint density at radius 2 is 1.75 bits per heavy atom. The highest BCUT2D eigenvalue weighted by Crippen LogP contribution is 2.19. The van der Waals surface area contributed by atoms with E-state index < -0.39 is 11.2 Å². The highest BCUT2D eigenvalue weighted by Gasteiger charge is 2.36. The van der Waals surface area contributed by atoms with Crippen LogP contribution in [0.2, 0.25) is 0 Å². The molecule has 1 N–H and O–H groups in total. The minimum Gasteiger partial charge on any atom is -0.444 e. The molecule has 0 aliphatic carbocycles. The van der Waals surface area contributed by atoms with Gasteiger partial charge in [-0.15, -0.1) is 4.68 Å². The van der Waals surface area contributed by atoms with Gasteiger partial charge >= 0.3 is 12.2 Å². The van der Waals surface area contributed by atoms with Crippen LogP contribution in [-0.2, 0) is 22.6 Å². The maximum atomic E-state index is 12.0. The fourth-order valence-electron chi connectivity index (χ4n) is 2.95. The van der Waals surface area contributed by atoms with Crippen LogP contribution in [0.1, 0.15) is 48.0 Å². The van der Waals surface area contributed by atoms with Crippen LogP contribution in [0.4, 0.5) is 9.59 Å². The molecule has 1 aromatic heterocycles. The number of nitrogens with one attached hydrogen (secondary N) is 1. The molecule has 8 heteroatoms. The van der Waals surface area contributed by atoms with E-state index in [-0.39, 0.29) is 12.2 Å². The van der Waals surface area contributed by atoms with Gasteiger partial charge in [-0.05, 0) is 48.0 Å². The van der Waals surface area contributed by atoms with Crippen LogP contribution < -0.4 is 10.00 Å². The number of aromatic nitrogens is 2. The number of carbonyl (C=O) groups excluding carboxylic acids is 2. The zero-order valence-corrected chi connectivity index (χ0v) is 18.0. The molecule has 2 rings (SSSR count). The molecular formula is C20H35N4O4+. The van der Waals surface area contributed by atoms with Crippen molar-refractivity contribution in [3.8, 4) is 0 Å². The number of aryl methyl sites for hydroxylation is 1. The van der Waals surface area contributed by atoms with Gasteiger partial charge in [0.25, 0.3) is 0 Å². The molecule has 0 radical (unpaired) electrons. The summed E-state index contributed by atoms with van der Waals surface area (Å²) in [7, 11) is 0. The summed E-state index contributed by atoms with van der Waals surface area (Å²) in [5.41, 5.74) is -0.942. The topological polar surface area (TPSA) is 76.7 Å². The fraction of sp³-hybridized carbons (Fsp3) is 0.750. The van der Waals surface area contributed by atoms with Crippen molar-refractivity contribution in [2.75, 3.05) is 19.6 Å². The van der Waals surface area contributed by atoms with Crippen LogP contribution >= 0.6 is 0 Å². The second kappa shape index (κ2) is 8.84. The number of likely N-dealkylation sites (tertiary alicyclic amines) is 1. The van der Waals surface area contributed by atoms with E-state index in [4.69, 9.17) is 9.47 Å². The Kier molecular flexibility index (Phi) is 6.96. The summed E-state index contributed by atoms with van der Waals surface area (Å²) in [5, 5.41) is 2.78. The number of hydrogen-bond acceptors (Lipinski definition) is 4. The summed E-state index contributed by atoms with van der Waals surface area (Å²) in [5.74, 6) is 0.422. The number of nitrogens with zero attached hydrogens (tertiary/aromatic N) is 3. The summed E-state index contributed by atoms with van der Waals surface area (Å²) < 4.78 is 14.9. The molecule has 28 heavy (non-hydrogen) atoms. The lowest BCUT2D eigenvalue weighted by molar-refractivity contribution is -0.781. The van der Waals surface area contributed by atoms with Crippen molar-refractivity contribution >= 4 is 12.2 Å². The molecule has 1 aliphatic heterocycles. The number of amides is 2. The van der Waals surface area contributed by atoms with Gasteiger partial charge in [0.15, 0.2) is 12.7 Å². The molecule has 1 aromatic rings. The number of carbonyl (C=O) groups is 2. The normalized spacial score (nSPS) is 15.1. The first kappa shape index (κ1) is 22.0. The first-order chi connectivity index (χ1) is 12.9. The van der Waals surface area contributed by atoms with Gasteiger partial charge in [-0.25, -0.2) is 9.59 Å². The molecule has 1 fully saturated rings. The molecule has 8 nitrogen and oxygen atoms in total. The van der Waals surface area contributed by atoms with Crippen molar-refractivity contribution < 1.29 is 23.7 Å². The molecule has 0 spiro atoms. The molecule has 2 heterocycles. The van der Waals surface area contributed by atoms with Gasteiger partial charge in [0.1, 0.15) is 11.2 Å². The SMILES string of the molecule is CC(C)(C)OC(=O)NCCCn1ccc[n+]1CC1CN(C(=O)OC(C)(C)C)C1. The Labute approximate surface area is 167 Å². The van der Waals surface area contributed by atoms with Gasteiger partial charge in [0.05, 0.1) is 18.7 Å². The van der Waals surface area contributed by atoms with Crippen LogP contribution in [0.15, 0.2) is 18.5 Å². The van der Waals surface area contributed by atoms with E-state index in [0.29, 0.717) is 25.6 Å². The predicted octanol–water partition coefficient (Wildman–Crippen LogP) is 2.56. The smallest absolute Gasteiger partial charge is 0.410 e. The Bertz CT molecular complexity index is 666. The zero-order chi connectivity index (χ0) is 20.9. The minimum atomic E-state index is -0.483. The summed E-state index contributed by atoms with van der Waals surface area (Å²) in [6.45, 7) is 14.8. The molecule has 0 bridgehead atoms. The predicted molar refractivity (Wildman–Crippen MR) is 105 cm³/mol. The molecule has 0 atom stereocenters. The second-order valence-electron chi connectivity index (χ2n) is 9.31. The van der Waals surface area contributed by atoms with Gasteiger partial charge in [-0.3, -0.25) is 0 Å². The quantitative estimate of drug-likeness (QED) is 0.593. The third-order valence-corrected chi connectivity index (χ3v) is 4.13. The largest absolute Gasteiger partial charge is 0.444 e. The van der Waals surface area contributed by atoms with Gasteiger partial charge in [0, 0.05) is 25.7 Å². The second-order valence-corrected chi connectivity index (χ2v) is 9.31. The molecule has 0 aromatic carbocycles. The van der Waals surface area contributed by atoms with Crippen LogP contribution in [0.3, 0.4) is 0 Å². The standard InChI is InChI=1S/C20H34N4O4/c1-19(2,3)27-17(25)21-9-7-10-23-11-8-12-24(23)15-16-13-22(14-16)18(26)28-20(4,5)6/h8,11-12,16H,7,9-10,13-15H2,1-6H3/p+1. The van der Waals surface area contributed by atoms with Gasteiger partial charge in [-0.2, -0.15) is 4.68 Å². The van der Waals surface area contributed by atoms with E-state index in [1.165, 1.54) is 0 Å². The lowest BCUT2D eigenvalue weighted by Gasteiger charge is -2.38. The Hall–Kier alpha value is -2.25. The average Bonchev–Trinajstić information content (AvgIpc) is 2.90.